The summed E-state index contributed by atoms with van der Waals surface area (Å²) in [6.45, 7) is 7.12. The molecule has 0 heterocycles. The molecule has 0 saturated heterocycles. The van der Waals surface area contributed by atoms with Gasteiger partial charge in [0.05, 0.1) is 5.83 Å². The van der Waals surface area contributed by atoms with E-state index in [1.165, 1.54) is 26.2 Å². The third-order valence-corrected chi connectivity index (χ3v) is 1.69. The second kappa shape index (κ2) is 11.0. The van der Waals surface area contributed by atoms with Crippen molar-refractivity contribution in [3.63, 3.8) is 0 Å². The third-order valence-electron chi connectivity index (χ3n) is 1.43. The molecule has 0 rings (SSSR count). The van der Waals surface area contributed by atoms with Gasteiger partial charge in [-0.2, -0.15) is 0 Å². The van der Waals surface area contributed by atoms with Crippen LogP contribution in [0.1, 0.15) is 47.0 Å². The highest BCUT2D eigenvalue weighted by Crippen LogP contribution is 2.00. The van der Waals surface area contributed by atoms with Gasteiger partial charge >= 0.3 is 0 Å². The smallest absolute Gasteiger partial charge is 0.0955 e. The van der Waals surface area contributed by atoms with Gasteiger partial charge in [0.2, 0.25) is 0 Å². The Morgan fingerprint density at radius 3 is 1.67 bits per heavy atom. The van der Waals surface area contributed by atoms with Crippen LogP contribution in [0.25, 0.3) is 0 Å². The lowest BCUT2D eigenvalue weighted by Crippen LogP contribution is -1.70. The van der Waals surface area contributed by atoms with Crippen LogP contribution in [-0.4, -0.2) is 5.88 Å². The molecule has 0 aliphatic carbocycles. The van der Waals surface area contributed by atoms with E-state index in [9.17, 15) is 4.39 Å². The number of allylic oxidation sites excluding steroid dienone is 2. The average Bonchev–Trinajstić information content (AvgIpc) is 2.02. The van der Waals surface area contributed by atoms with Gasteiger partial charge in [-0.25, -0.2) is 4.39 Å². The van der Waals surface area contributed by atoms with Gasteiger partial charge in [0.1, 0.15) is 0 Å². The Kier molecular flexibility index (Phi) is 13.2. The van der Waals surface area contributed by atoms with Crippen molar-refractivity contribution in [1.29, 1.82) is 0 Å². The highest BCUT2D eigenvalue weighted by atomic mass is 35.5. The fraction of sp³-hybridized carbons (Fsp3) is 0.800. The summed E-state index contributed by atoms with van der Waals surface area (Å²) >= 11 is 5.38. The molecule has 0 aromatic rings. The van der Waals surface area contributed by atoms with Crippen LogP contribution < -0.4 is 0 Å². The SMILES string of the molecule is CC(C)=C(C)F.CCCCCCl. The van der Waals surface area contributed by atoms with E-state index in [0.29, 0.717) is 0 Å². The van der Waals surface area contributed by atoms with Crippen LogP contribution in [0.5, 0.6) is 0 Å². The Balaban J connectivity index is 0. The minimum atomic E-state index is -0.0741. The normalized spacial score (nSPS) is 8.50. The molecule has 0 saturated carbocycles. The van der Waals surface area contributed by atoms with E-state index in [0.717, 1.165) is 11.5 Å². The van der Waals surface area contributed by atoms with E-state index in [-0.39, 0.29) is 5.83 Å². The van der Waals surface area contributed by atoms with Crippen molar-refractivity contribution in [3.8, 4) is 0 Å². The first-order chi connectivity index (χ1) is 5.56. The van der Waals surface area contributed by atoms with Gasteiger partial charge in [0.15, 0.2) is 0 Å². The molecule has 0 fully saturated rings. The Hall–Kier alpha value is -0.0400. The van der Waals surface area contributed by atoms with Crippen molar-refractivity contribution in [1.82, 2.24) is 0 Å². The molecule has 0 bridgehead atoms. The molecule has 0 atom stereocenters. The minimum Gasteiger partial charge on any atom is -0.212 e. The second-order valence-corrected chi connectivity index (χ2v) is 3.31. The molecule has 0 radical (unpaired) electrons. The maximum atomic E-state index is 11.7. The number of alkyl halides is 1. The van der Waals surface area contributed by atoms with Gasteiger partial charge in [-0.1, -0.05) is 19.8 Å². The molecule has 0 unspecified atom stereocenters. The van der Waals surface area contributed by atoms with E-state index in [2.05, 4.69) is 6.92 Å². The molecule has 2 heteroatoms. The molecule has 0 amide bonds. The Morgan fingerprint density at radius 1 is 1.17 bits per heavy atom. The second-order valence-electron chi connectivity index (χ2n) is 2.93. The standard InChI is InChI=1S/C5H11Cl.C5H9F/c1-2-3-4-5-6;1-4(2)5(3)6/h2-5H2,1H3;1-3H3. The Labute approximate surface area is 80.8 Å². The summed E-state index contributed by atoms with van der Waals surface area (Å²) in [5.41, 5.74) is 0.759. The summed E-state index contributed by atoms with van der Waals surface area (Å²) in [5.74, 6) is 0.753. The van der Waals surface area contributed by atoms with Crippen LogP contribution >= 0.6 is 11.6 Å². The monoisotopic (exact) mass is 194 g/mol. The lowest BCUT2D eigenvalue weighted by atomic mass is 10.3. The number of halogens is 2. The van der Waals surface area contributed by atoms with Crippen LogP contribution in [0.2, 0.25) is 0 Å². The molecule has 0 spiro atoms. The summed E-state index contributed by atoms with van der Waals surface area (Å²) in [7, 11) is 0. The lowest BCUT2D eigenvalue weighted by Gasteiger charge is -1.84. The maximum Gasteiger partial charge on any atom is 0.0955 e. The Bertz CT molecular complexity index is 97.0. The highest BCUT2D eigenvalue weighted by Gasteiger charge is 1.80. The van der Waals surface area contributed by atoms with Gasteiger partial charge in [0.25, 0.3) is 0 Å². The summed E-state index contributed by atoms with van der Waals surface area (Å²) in [6, 6.07) is 0. The number of unbranched alkanes of at least 4 members (excludes halogenated alkanes) is 2. The minimum absolute atomic E-state index is 0.0741. The molecular formula is C10H20ClF. The largest absolute Gasteiger partial charge is 0.212 e. The molecule has 0 aromatic heterocycles. The number of hydrogen-bond donors (Lipinski definition) is 0. The third kappa shape index (κ3) is 16.5. The molecule has 0 N–H and O–H groups in total. The molecule has 12 heavy (non-hydrogen) atoms. The van der Waals surface area contributed by atoms with Gasteiger partial charge in [-0.3, -0.25) is 0 Å². The number of hydrogen-bond acceptors (Lipinski definition) is 0. The first kappa shape index (κ1) is 14.5. The van der Waals surface area contributed by atoms with Crippen molar-refractivity contribution in [2.45, 2.75) is 47.0 Å². The zero-order valence-corrected chi connectivity index (χ0v) is 9.34. The van der Waals surface area contributed by atoms with E-state index < -0.39 is 0 Å². The van der Waals surface area contributed by atoms with Crippen molar-refractivity contribution in [2.24, 2.45) is 0 Å². The first-order valence-corrected chi connectivity index (χ1v) is 4.95. The van der Waals surface area contributed by atoms with Crippen molar-refractivity contribution in [2.75, 3.05) is 5.88 Å². The molecule has 74 valence electrons. The predicted molar refractivity (Wildman–Crippen MR) is 55.4 cm³/mol. The van der Waals surface area contributed by atoms with Crippen molar-refractivity contribution < 1.29 is 4.39 Å². The summed E-state index contributed by atoms with van der Waals surface area (Å²) in [4.78, 5) is 0. The maximum absolute atomic E-state index is 11.7. The zero-order chi connectivity index (χ0) is 9.98. The van der Waals surface area contributed by atoms with Gasteiger partial charge in [0, 0.05) is 5.88 Å². The van der Waals surface area contributed by atoms with E-state index >= 15 is 0 Å². The van der Waals surface area contributed by atoms with Crippen molar-refractivity contribution >= 4 is 11.6 Å². The lowest BCUT2D eigenvalue weighted by molar-refractivity contribution is 0.627. The van der Waals surface area contributed by atoms with Gasteiger partial charge in [-0.05, 0) is 32.8 Å². The van der Waals surface area contributed by atoms with Crippen LogP contribution in [-0.2, 0) is 0 Å². The molecule has 0 nitrogen and oxygen atoms in total. The fourth-order valence-corrected chi connectivity index (χ4v) is 0.533. The zero-order valence-electron chi connectivity index (χ0n) is 8.58. The van der Waals surface area contributed by atoms with Crippen LogP contribution in [0.4, 0.5) is 4.39 Å². The fourth-order valence-electron chi connectivity index (χ4n) is 0.344. The summed E-state index contributed by atoms with van der Waals surface area (Å²) < 4.78 is 11.7. The quantitative estimate of drug-likeness (QED) is 0.452. The molecule has 0 aliphatic heterocycles. The van der Waals surface area contributed by atoms with Gasteiger partial charge < -0.3 is 0 Å². The predicted octanol–water partition coefficient (Wildman–Crippen LogP) is 4.69. The van der Waals surface area contributed by atoms with Crippen molar-refractivity contribution in [3.05, 3.63) is 11.4 Å². The van der Waals surface area contributed by atoms with Crippen LogP contribution in [0.3, 0.4) is 0 Å². The van der Waals surface area contributed by atoms with Crippen LogP contribution in [0.15, 0.2) is 11.4 Å². The van der Waals surface area contributed by atoms with E-state index in [1.807, 2.05) is 0 Å². The summed E-state index contributed by atoms with van der Waals surface area (Å²) in [5, 5.41) is 0. The van der Waals surface area contributed by atoms with Crippen LogP contribution in [0, 0.1) is 0 Å². The molecule has 0 aromatic carbocycles. The average molecular weight is 195 g/mol. The molecular weight excluding hydrogens is 175 g/mol. The number of rotatable bonds is 3. The van der Waals surface area contributed by atoms with E-state index in [4.69, 9.17) is 11.6 Å². The topological polar surface area (TPSA) is 0 Å². The van der Waals surface area contributed by atoms with E-state index in [1.54, 1.807) is 13.8 Å². The highest BCUT2D eigenvalue weighted by molar-refractivity contribution is 6.17. The first-order valence-electron chi connectivity index (χ1n) is 4.41. The summed E-state index contributed by atoms with van der Waals surface area (Å²) in [6.07, 6.45) is 3.73. The Morgan fingerprint density at radius 2 is 1.58 bits per heavy atom. The molecule has 0 aliphatic rings. The van der Waals surface area contributed by atoms with Gasteiger partial charge in [-0.15, -0.1) is 11.6 Å².